The average molecular weight is 311 g/mol. The fourth-order valence-corrected chi connectivity index (χ4v) is 5.61. The predicted octanol–water partition coefficient (Wildman–Crippen LogP) is 3.32. The largest absolute Gasteiger partial charge is 0.240 e. The van der Waals surface area contributed by atoms with Crippen molar-refractivity contribution in [2.24, 2.45) is 16.7 Å². The van der Waals surface area contributed by atoms with Gasteiger partial charge in [0.25, 0.3) is 0 Å². The number of benzene rings is 1. The fourth-order valence-electron chi connectivity index (χ4n) is 4.25. The molecule has 1 aromatic rings. The molecular weight excluding hydrogens is 289 g/mol. The van der Waals surface area contributed by atoms with E-state index in [-0.39, 0.29) is 21.8 Å². The second-order valence-electron chi connectivity index (χ2n) is 7.24. The molecule has 0 heterocycles. The van der Waals surface area contributed by atoms with E-state index < -0.39 is 15.8 Å². The SMILES string of the molecule is CC1(C)[C@H]2CC[C@@]1(C)[C@@H](NS(=O)(=O)c1ccc(F)cc1)C2. The first-order valence-electron chi connectivity index (χ1n) is 7.45. The highest BCUT2D eigenvalue weighted by Crippen LogP contribution is 2.65. The lowest BCUT2D eigenvalue weighted by atomic mass is 9.69. The van der Waals surface area contributed by atoms with E-state index in [1.807, 2.05) is 0 Å². The van der Waals surface area contributed by atoms with Crippen LogP contribution in [0.3, 0.4) is 0 Å². The van der Waals surface area contributed by atoms with Crippen LogP contribution in [0.2, 0.25) is 0 Å². The van der Waals surface area contributed by atoms with Gasteiger partial charge < -0.3 is 0 Å². The molecule has 2 fully saturated rings. The molecule has 3 atom stereocenters. The second-order valence-corrected chi connectivity index (χ2v) is 8.95. The Morgan fingerprint density at radius 1 is 1.19 bits per heavy atom. The molecule has 0 unspecified atom stereocenters. The zero-order valence-electron chi connectivity index (χ0n) is 12.7. The third kappa shape index (κ3) is 2.13. The lowest BCUT2D eigenvalue weighted by molar-refractivity contribution is 0.130. The van der Waals surface area contributed by atoms with Gasteiger partial charge in [0.1, 0.15) is 5.82 Å². The topological polar surface area (TPSA) is 46.2 Å². The van der Waals surface area contributed by atoms with Gasteiger partial charge in [-0.25, -0.2) is 17.5 Å². The molecule has 0 spiro atoms. The van der Waals surface area contributed by atoms with E-state index in [0.717, 1.165) is 12.8 Å². The summed E-state index contributed by atoms with van der Waals surface area (Å²) in [5, 5.41) is 0. The molecule has 3 rings (SSSR count). The fraction of sp³-hybridized carbons (Fsp3) is 0.625. The number of hydrogen-bond acceptors (Lipinski definition) is 2. The van der Waals surface area contributed by atoms with Crippen LogP contribution in [0.15, 0.2) is 29.2 Å². The van der Waals surface area contributed by atoms with E-state index in [4.69, 9.17) is 0 Å². The average Bonchev–Trinajstić information content (AvgIpc) is 2.72. The van der Waals surface area contributed by atoms with E-state index >= 15 is 0 Å². The summed E-state index contributed by atoms with van der Waals surface area (Å²) in [6.07, 6.45) is 3.13. The zero-order chi connectivity index (χ0) is 15.5. The van der Waals surface area contributed by atoms with Crippen LogP contribution in [0.25, 0.3) is 0 Å². The lowest BCUT2D eigenvalue weighted by Crippen LogP contribution is -2.46. The quantitative estimate of drug-likeness (QED) is 0.931. The Bertz CT molecular complexity index is 653. The van der Waals surface area contributed by atoms with Crippen LogP contribution in [0.1, 0.15) is 40.0 Å². The van der Waals surface area contributed by atoms with Crippen molar-refractivity contribution in [3.8, 4) is 0 Å². The highest BCUT2D eigenvalue weighted by atomic mass is 32.2. The monoisotopic (exact) mass is 311 g/mol. The van der Waals surface area contributed by atoms with Crippen molar-refractivity contribution >= 4 is 10.0 Å². The third-order valence-corrected chi connectivity index (χ3v) is 7.70. The Hall–Kier alpha value is -0.940. The van der Waals surface area contributed by atoms with Crippen LogP contribution in [0.5, 0.6) is 0 Å². The maximum atomic E-state index is 12.9. The second kappa shape index (κ2) is 4.53. The van der Waals surface area contributed by atoms with Gasteiger partial charge in [0.15, 0.2) is 0 Å². The Labute approximate surface area is 126 Å². The minimum atomic E-state index is -3.59. The summed E-state index contributed by atoms with van der Waals surface area (Å²) in [7, 11) is -3.59. The molecule has 0 aliphatic heterocycles. The van der Waals surface area contributed by atoms with Gasteiger partial charge in [-0.05, 0) is 60.3 Å². The molecule has 0 saturated heterocycles. The van der Waals surface area contributed by atoms with Crippen LogP contribution in [0, 0.1) is 22.6 Å². The van der Waals surface area contributed by atoms with Gasteiger partial charge in [0.2, 0.25) is 10.0 Å². The lowest BCUT2D eigenvalue weighted by Gasteiger charge is -2.39. The smallest absolute Gasteiger partial charge is 0.207 e. The number of nitrogens with one attached hydrogen (secondary N) is 1. The first kappa shape index (κ1) is 15.0. The molecule has 0 amide bonds. The Morgan fingerprint density at radius 2 is 1.81 bits per heavy atom. The van der Waals surface area contributed by atoms with Crippen LogP contribution < -0.4 is 4.72 Å². The Kier molecular flexibility index (Phi) is 3.23. The van der Waals surface area contributed by atoms with Crippen molar-refractivity contribution in [1.82, 2.24) is 4.72 Å². The number of rotatable bonds is 3. The molecule has 2 aliphatic carbocycles. The molecule has 1 N–H and O–H groups in total. The van der Waals surface area contributed by atoms with Crippen molar-refractivity contribution < 1.29 is 12.8 Å². The Balaban J connectivity index is 1.86. The van der Waals surface area contributed by atoms with Crippen molar-refractivity contribution in [3.63, 3.8) is 0 Å². The summed E-state index contributed by atoms with van der Waals surface area (Å²) >= 11 is 0. The summed E-state index contributed by atoms with van der Waals surface area (Å²) in [6.45, 7) is 6.69. The Morgan fingerprint density at radius 3 is 2.29 bits per heavy atom. The van der Waals surface area contributed by atoms with Gasteiger partial charge in [-0.15, -0.1) is 0 Å². The normalized spacial score (nSPS) is 34.3. The molecule has 2 bridgehead atoms. The predicted molar refractivity (Wildman–Crippen MR) is 79.7 cm³/mol. The van der Waals surface area contributed by atoms with Gasteiger partial charge in [-0.3, -0.25) is 0 Å². The van der Waals surface area contributed by atoms with Gasteiger partial charge in [0.05, 0.1) is 4.90 Å². The first-order chi connectivity index (χ1) is 9.67. The van der Waals surface area contributed by atoms with Crippen molar-refractivity contribution in [2.45, 2.75) is 51.0 Å². The van der Waals surface area contributed by atoms with Crippen LogP contribution in [-0.4, -0.2) is 14.5 Å². The van der Waals surface area contributed by atoms with Crippen molar-refractivity contribution in [3.05, 3.63) is 30.1 Å². The number of fused-ring (bicyclic) bond motifs is 2. The number of halogens is 1. The van der Waals surface area contributed by atoms with Gasteiger partial charge >= 0.3 is 0 Å². The molecule has 116 valence electrons. The molecule has 5 heteroatoms. The summed E-state index contributed by atoms with van der Waals surface area (Å²) in [5.74, 6) is 0.144. The minimum Gasteiger partial charge on any atom is -0.207 e. The molecule has 2 saturated carbocycles. The molecule has 3 nitrogen and oxygen atoms in total. The zero-order valence-corrected chi connectivity index (χ0v) is 13.5. The van der Waals surface area contributed by atoms with E-state index in [1.165, 1.54) is 30.7 Å². The van der Waals surface area contributed by atoms with E-state index in [2.05, 4.69) is 25.5 Å². The van der Waals surface area contributed by atoms with Crippen molar-refractivity contribution in [2.75, 3.05) is 0 Å². The van der Waals surface area contributed by atoms with Gasteiger partial charge in [-0.1, -0.05) is 20.8 Å². The maximum absolute atomic E-state index is 12.9. The molecule has 1 aromatic carbocycles. The molecular formula is C16H22FNO2S. The van der Waals surface area contributed by atoms with Gasteiger partial charge in [-0.2, -0.15) is 0 Å². The molecule has 0 aromatic heterocycles. The minimum absolute atomic E-state index is 0.00916. The van der Waals surface area contributed by atoms with E-state index in [9.17, 15) is 12.8 Å². The summed E-state index contributed by atoms with van der Waals surface area (Å²) in [4.78, 5) is 0.132. The summed E-state index contributed by atoms with van der Waals surface area (Å²) < 4.78 is 40.8. The highest BCUT2D eigenvalue weighted by Gasteiger charge is 2.61. The number of hydrogen-bond donors (Lipinski definition) is 1. The summed E-state index contributed by atoms with van der Waals surface area (Å²) in [5.41, 5.74) is 0.147. The highest BCUT2D eigenvalue weighted by molar-refractivity contribution is 7.89. The standard InChI is InChI=1S/C16H22FNO2S/c1-15(2)11-8-9-16(15,3)14(10-11)18-21(19,20)13-6-4-12(17)5-7-13/h4-7,11,14,18H,8-10H2,1-3H3/t11-,14-,16-/m0/s1. The maximum Gasteiger partial charge on any atom is 0.240 e. The van der Waals surface area contributed by atoms with E-state index in [1.54, 1.807) is 0 Å². The third-order valence-electron chi connectivity index (χ3n) is 6.22. The molecule has 21 heavy (non-hydrogen) atoms. The number of sulfonamides is 1. The van der Waals surface area contributed by atoms with Gasteiger partial charge in [0, 0.05) is 6.04 Å². The van der Waals surface area contributed by atoms with Crippen LogP contribution in [0.4, 0.5) is 4.39 Å². The van der Waals surface area contributed by atoms with Crippen LogP contribution in [-0.2, 0) is 10.0 Å². The summed E-state index contributed by atoms with van der Waals surface area (Å²) in [6, 6.07) is 4.96. The first-order valence-corrected chi connectivity index (χ1v) is 8.93. The van der Waals surface area contributed by atoms with E-state index in [0.29, 0.717) is 5.92 Å². The molecule has 2 aliphatic rings. The molecule has 0 radical (unpaired) electrons. The van der Waals surface area contributed by atoms with Crippen LogP contribution >= 0.6 is 0 Å². The van der Waals surface area contributed by atoms with Crippen molar-refractivity contribution in [1.29, 1.82) is 0 Å².